The summed E-state index contributed by atoms with van der Waals surface area (Å²) < 4.78 is 0. The molecule has 3 heteroatoms. The van der Waals surface area contributed by atoms with E-state index in [1.807, 2.05) is 31.2 Å². The number of hydrogen-bond acceptors (Lipinski definition) is 2. The van der Waals surface area contributed by atoms with Gasteiger partial charge in [0.25, 0.3) is 0 Å². The number of rotatable bonds is 9. The maximum absolute atomic E-state index is 11.6. The Morgan fingerprint density at radius 1 is 1.15 bits per heavy atom. The van der Waals surface area contributed by atoms with Gasteiger partial charge in [-0.05, 0) is 24.5 Å². The van der Waals surface area contributed by atoms with E-state index in [1.165, 1.54) is 25.7 Å². The van der Waals surface area contributed by atoms with Gasteiger partial charge in [0.15, 0.2) is 0 Å². The van der Waals surface area contributed by atoms with Crippen molar-refractivity contribution in [2.45, 2.75) is 58.8 Å². The van der Waals surface area contributed by atoms with E-state index in [4.69, 9.17) is 0 Å². The van der Waals surface area contributed by atoms with Gasteiger partial charge in [0.1, 0.15) is 0 Å². The van der Waals surface area contributed by atoms with Gasteiger partial charge in [-0.25, -0.2) is 5.43 Å². The summed E-state index contributed by atoms with van der Waals surface area (Å²) in [7, 11) is 0. The minimum Gasteiger partial charge on any atom is -0.273 e. The highest BCUT2D eigenvalue weighted by Crippen LogP contribution is 2.07. The number of nitrogens with zero attached hydrogens (tertiary/aromatic N) is 1. The lowest BCUT2D eigenvalue weighted by molar-refractivity contribution is -0.121. The Bertz CT molecular complexity index is 427. The first-order valence-corrected chi connectivity index (χ1v) is 7.61. The van der Waals surface area contributed by atoms with Crippen molar-refractivity contribution >= 4 is 12.1 Å². The minimum absolute atomic E-state index is 0.00493. The number of carbonyl (C=O) groups excluding carboxylic acids is 1. The molecule has 0 saturated carbocycles. The second-order valence-corrected chi connectivity index (χ2v) is 5.17. The number of amides is 1. The third kappa shape index (κ3) is 7.07. The molecular weight excluding hydrogens is 248 g/mol. The van der Waals surface area contributed by atoms with Crippen LogP contribution in [-0.2, 0) is 4.79 Å². The van der Waals surface area contributed by atoms with Crippen molar-refractivity contribution in [1.82, 2.24) is 5.43 Å². The fraction of sp³-hybridized carbons (Fsp3) is 0.529. The van der Waals surface area contributed by atoms with Crippen LogP contribution in [0.25, 0.3) is 0 Å². The number of hydrazone groups is 1. The summed E-state index contributed by atoms with van der Waals surface area (Å²) in [5.41, 5.74) is 4.78. The zero-order chi connectivity index (χ0) is 14.6. The number of benzene rings is 1. The van der Waals surface area contributed by atoms with E-state index in [-0.39, 0.29) is 5.91 Å². The highest BCUT2D eigenvalue weighted by atomic mass is 16.2. The van der Waals surface area contributed by atoms with E-state index in [0.717, 1.165) is 24.0 Å². The summed E-state index contributed by atoms with van der Waals surface area (Å²) in [6.45, 7) is 4.24. The average Bonchev–Trinajstić information content (AvgIpc) is 2.45. The Labute approximate surface area is 122 Å². The molecule has 1 aromatic carbocycles. The molecule has 0 aliphatic carbocycles. The molecule has 0 saturated heterocycles. The number of nitrogens with one attached hydrogen (secondary N) is 1. The van der Waals surface area contributed by atoms with Gasteiger partial charge in [0, 0.05) is 6.42 Å². The number of aryl methyl sites for hydroxylation is 1. The second-order valence-electron chi connectivity index (χ2n) is 5.17. The van der Waals surface area contributed by atoms with Crippen molar-refractivity contribution in [1.29, 1.82) is 0 Å². The summed E-state index contributed by atoms with van der Waals surface area (Å²) in [6.07, 6.45) is 9.42. The summed E-state index contributed by atoms with van der Waals surface area (Å²) in [4.78, 5) is 11.6. The molecule has 1 amide bonds. The molecule has 1 rings (SSSR count). The van der Waals surface area contributed by atoms with Crippen LogP contribution in [0, 0.1) is 6.92 Å². The van der Waals surface area contributed by atoms with Gasteiger partial charge in [-0.1, -0.05) is 63.3 Å². The Morgan fingerprint density at radius 2 is 1.85 bits per heavy atom. The van der Waals surface area contributed by atoms with Crippen LogP contribution in [0.4, 0.5) is 0 Å². The van der Waals surface area contributed by atoms with E-state index >= 15 is 0 Å². The van der Waals surface area contributed by atoms with Gasteiger partial charge in [-0.15, -0.1) is 0 Å². The van der Waals surface area contributed by atoms with E-state index in [0.29, 0.717) is 6.42 Å². The smallest absolute Gasteiger partial charge is 0.240 e. The molecular formula is C17H26N2O. The normalized spacial score (nSPS) is 10.9. The molecule has 3 nitrogen and oxygen atoms in total. The maximum Gasteiger partial charge on any atom is 0.240 e. The van der Waals surface area contributed by atoms with Crippen molar-refractivity contribution in [3.8, 4) is 0 Å². The van der Waals surface area contributed by atoms with Gasteiger partial charge in [-0.2, -0.15) is 5.10 Å². The lowest BCUT2D eigenvalue weighted by atomic mass is 10.1. The first-order chi connectivity index (χ1) is 9.74. The van der Waals surface area contributed by atoms with E-state index < -0.39 is 0 Å². The molecule has 0 heterocycles. The zero-order valence-corrected chi connectivity index (χ0v) is 12.7. The third-order valence-corrected chi connectivity index (χ3v) is 3.34. The number of unbranched alkanes of at least 4 members (excludes halogenated alkanes) is 5. The third-order valence-electron chi connectivity index (χ3n) is 3.34. The van der Waals surface area contributed by atoms with Crippen molar-refractivity contribution in [2.24, 2.45) is 5.10 Å². The first-order valence-electron chi connectivity index (χ1n) is 7.61. The standard InChI is InChI=1S/C17H26N2O/c1-3-4-5-6-7-8-13-17(20)19-18-14-16-12-10-9-11-15(16)2/h9-12,14H,3-8,13H2,1-2H3,(H,19,20)/b18-14+. The highest BCUT2D eigenvalue weighted by Gasteiger charge is 1.99. The molecule has 0 atom stereocenters. The van der Waals surface area contributed by atoms with Crippen LogP contribution in [0.1, 0.15) is 63.0 Å². The van der Waals surface area contributed by atoms with Gasteiger partial charge < -0.3 is 0 Å². The molecule has 0 aliphatic rings. The lowest BCUT2D eigenvalue weighted by Crippen LogP contribution is -2.16. The van der Waals surface area contributed by atoms with E-state index in [2.05, 4.69) is 17.5 Å². The number of hydrogen-bond donors (Lipinski definition) is 1. The van der Waals surface area contributed by atoms with Crippen LogP contribution in [0.15, 0.2) is 29.4 Å². The molecule has 0 bridgehead atoms. The molecule has 0 aromatic heterocycles. The first kappa shape index (κ1) is 16.4. The summed E-state index contributed by atoms with van der Waals surface area (Å²) >= 11 is 0. The van der Waals surface area contributed by atoms with Crippen molar-refractivity contribution in [3.05, 3.63) is 35.4 Å². The molecule has 0 spiro atoms. The summed E-state index contributed by atoms with van der Waals surface area (Å²) in [6, 6.07) is 7.97. The monoisotopic (exact) mass is 274 g/mol. The number of carbonyl (C=O) groups is 1. The van der Waals surface area contributed by atoms with Gasteiger partial charge in [0.2, 0.25) is 5.91 Å². The fourth-order valence-corrected chi connectivity index (χ4v) is 2.03. The SMILES string of the molecule is CCCCCCCCC(=O)N/N=C/c1ccccc1C. The highest BCUT2D eigenvalue weighted by molar-refractivity contribution is 5.83. The topological polar surface area (TPSA) is 41.5 Å². The Hall–Kier alpha value is -1.64. The van der Waals surface area contributed by atoms with Gasteiger partial charge in [-0.3, -0.25) is 4.79 Å². The molecule has 0 aliphatic heterocycles. The Balaban J connectivity index is 2.15. The van der Waals surface area contributed by atoms with Crippen molar-refractivity contribution < 1.29 is 4.79 Å². The molecule has 110 valence electrons. The quantitative estimate of drug-likeness (QED) is 0.409. The molecule has 0 unspecified atom stereocenters. The largest absolute Gasteiger partial charge is 0.273 e. The molecule has 0 fully saturated rings. The van der Waals surface area contributed by atoms with Crippen LogP contribution in [0.2, 0.25) is 0 Å². The fourth-order valence-electron chi connectivity index (χ4n) is 2.03. The summed E-state index contributed by atoms with van der Waals surface area (Å²) in [5.74, 6) is 0.00493. The molecule has 20 heavy (non-hydrogen) atoms. The zero-order valence-electron chi connectivity index (χ0n) is 12.7. The van der Waals surface area contributed by atoms with Crippen LogP contribution in [0.5, 0.6) is 0 Å². The van der Waals surface area contributed by atoms with Crippen LogP contribution in [0.3, 0.4) is 0 Å². The van der Waals surface area contributed by atoms with Gasteiger partial charge in [0.05, 0.1) is 6.21 Å². The van der Waals surface area contributed by atoms with Crippen LogP contribution >= 0.6 is 0 Å². The Kier molecular flexibility index (Phi) is 8.36. The predicted molar refractivity (Wildman–Crippen MR) is 84.9 cm³/mol. The van der Waals surface area contributed by atoms with Crippen molar-refractivity contribution in [3.63, 3.8) is 0 Å². The van der Waals surface area contributed by atoms with E-state index in [9.17, 15) is 4.79 Å². The molecule has 1 N–H and O–H groups in total. The van der Waals surface area contributed by atoms with E-state index in [1.54, 1.807) is 6.21 Å². The van der Waals surface area contributed by atoms with Gasteiger partial charge >= 0.3 is 0 Å². The minimum atomic E-state index is 0.00493. The predicted octanol–water partition coefficient (Wildman–Crippen LogP) is 4.20. The lowest BCUT2D eigenvalue weighted by Gasteiger charge is -2.01. The average molecular weight is 274 g/mol. The Morgan fingerprint density at radius 3 is 2.60 bits per heavy atom. The second kappa shape index (κ2) is 10.2. The van der Waals surface area contributed by atoms with Crippen LogP contribution in [-0.4, -0.2) is 12.1 Å². The molecule has 0 radical (unpaired) electrons. The maximum atomic E-state index is 11.6. The van der Waals surface area contributed by atoms with Crippen LogP contribution < -0.4 is 5.43 Å². The molecule has 1 aromatic rings. The summed E-state index contributed by atoms with van der Waals surface area (Å²) in [5, 5.41) is 4.01. The van der Waals surface area contributed by atoms with Crippen molar-refractivity contribution in [2.75, 3.05) is 0 Å².